The van der Waals surface area contributed by atoms with Gasteiger partial charge in [0.05, 0.1) is 6.61 Å². The first-order chi connectivity index (χ1) is 16.2. The van der Waals surface area contributed by atoms with E-state index in [9.17, 15) is 9.59 Å². The van der Waals surface area contributed by atoms with Crippen molar-refractivity contribution in [3.05, 3.63) is 12.2 Å². The molecule has 1 aliphatic heterocycles. The third-order valence-electron chi connectivity index (χ3n) is 6.70. The van der Waals surface area contributed by atoms with Gasteiger partial charge in [-0.05, 0) is 25.7 Å². The average molecular weight is 464 g/mol. The summed E-state index contributed by atoms with van der Waals surface area (Å²) < 4.78 is 5.21. The van der Waals surface area contributed by atoms with Crippen LogP contribution in [0.3, 0.4) is 0 Å². The van der Waals surface area contributed by atoms with Gasteiger partial charge in [-0.15, -0.1) is 0 Å². The van der Waals surface area contributed by atoms with Crippen molar-refractivity contribution < 1.29 is 14.3 Å². The molecule has 0 aromatic heterocycles. The second-order valence-electron chi connectivity index (χ2n) is 9.89. The number of carbonyl (C=O) groups is 2. The maximum atomic E-state index is 11.7. The first-order valence-electron chi connectivity index (χ1n) is 14.3. The number of ether oxygens (including phenoxy) is 1. The van der Waals surface area contributed by atoms with Crippen LogP contribution in [0, 0.1) is 0 Å². The minimum atomic E-state index is -0.429. The summed E-state index contributed by atoms with van der Waals surface area (Å²) in [6.45, 7) is 2.69. The van der Waals surface area contributed by atoms with Gasteiger partial charge in [0.1, 0.15) is 6.04 Å². The lowest BCUT2D eigenvalue weighted by Gasteiger charge is -2.08. The van der Waals surface area contributed by atoms with Crippen molar-refractivity contribution in [3.8, 4) is 0 Å². The van der Waals surface area contributed by atoms with Crippen molar-refractivity contribution >= 4 is 11.9 Å². The molecular weight excluding hydrogens is 410 g/mol. The smallest absolute Gasteiger partial charge is 0.328 e. The molecule has 0 saturated carbocycles. The molecule has 33 heavy (non-hydrogen) atoms. The van der Waals surface area contributed by atoms with Gasteiger partial charge >= 0.3 is 5.97 Å². The van der Waals surface area contributed by atoms with Gasteiger partial charge in [0.2, 0.25) is 5.91 Å². The fraction of sp³-hybridized carbons (Fsp3) is 0.862. The number of hydrogen-bond acceptors (Lipinski definition) is 3. The summed E-state index contributed by atoms with van der Waals surface area (Å²) in [5.41, 5.74) is 0. The molecular formula is C29H53NO3. The molecule has 0 spiro atoms. The van der Waals surface area contributed by atoms with Crippen molar-refractivity contribution in [3.63, 3.8) is 0 Å². The highest BCUT2D eigenvalue weighted by Gasteiger charge is 2.28. The van der Waals surface area contributed by atoms with E-state index in [1.165, 1.54) is 116 Å². The van der Waals surface area contributed by atoms with Gasteiger partial charge in [-0.3, -0.25) is 4.79 Å². The Bertz CT molecular complexity index is 503. The minimum absolute atomic E-state index is 0.0545. The zero-order valence-corrected chi connectivity index (χ0v) is 21.7. The topological polar surface area (TPSA) is 55.4 Å². The first-order valence-corrected chi connectivity index (χ1v) is 14.3. The number of nitrogens with one attached hydrogen (secondary N) is 1. The van der Waals surface area contributed by atoms with Gasteiger partial charge in [-0.1, -0.05) is 128 Å². The lowest BCUT2D eigenvalue weighted by atomic mass is 10.0. The molecule has 1 N–H and O–H groups in total. The van der Waals surface area contributed by atoms with Gasteiger partial charge < -0.3 is 10.1 Å². The summed E-state index contributed by atoms with van der Waals surface area (Å²) in [7, 11) is 0. The molecule has 0 aromatic carbocycles. The molecule has 1 fully saturated rings. The predicted octanol–water partition coefficient (Wildman–Crippen LogP) is 8.19. The van der Waals surface area contributed by atoms with Crippen LogP contribution in [0.1, 0.15) is 148 Å². The zero-order valence-electron chi connectivity index (χ0n) is 21.7. The fourth-order valence-corrected chi connectivity index (χ4v) is 4.52. The molecule has 0 radical (unpaired) electrons. The van der Waals surface area contributed by atoms with Crippen LogP contribution in [0.15, 0.2) is 12.2 Å². The number of esters is 1. The van der Waals surface area contributed by atoms with E-state index < -0.39 is 6.04 Å². The van der Waals surface area contributed by atoms with E-state index in [4.69, 9.17) is 4.74 Å². The number of hydrogen-bond donors (Lipinski definition) is 1. The number of allylic oxidation sites excluding steroid dienone is 1. The third kappa shape index (κ3) is 18.8. The SMILES string of the molecule is CCCCCCCCCCCCCCCCCCCC/C=C/CCOC(=O)[C@@H]1CCC(=O)N1. The van der Waals surface area contributed by atoms with E-state index in [2.05, 4.69) is 24.4 Å². The van der Waals surface area contributed by atoms with Crippen molar-refractivity contribution in [2.45, 2.75) is 154 Å². The second kappa shape index (κ2) is 22.5. The van der Waals surface area contributed by atoms with Crippen LogP contribution in [0.4, 0.5) is 0 Å². The van der Waals surface area contributed by atoms with Crippen LogP contribution in [-0.4, -0.2) is 24.5 Å². The van der Waals surface area contributed by atoms with Crippen molar-refractivity contribution in [1.82, 2.24) is 5.32 Å². The van der Waals surface area contributed by atoms with Gasteiger partial charge in [-0.2, -0.15) is 0 Å². The Hall–Kier alpha value is -1.32. The summed E-state index contributed by atoms with van der Waals surface area (Å²) in [5.74, 6) is -0.348. The number of amides is 1. The summed E-state index contributed by atoms with van der Waals surface area (Å²) >= 11 is 0. The van der Waals surface area contributed by atoms with Gasteiger partial charge in [0.25, 0.3) is 0 Å². The third-order valence-corrected chi connectivity index (χ3v) is 6.70. The molecule has 4 heteroatoms. The van der Waals surface area contributed by atoms with Crippen LogP contribution >= 0.6 is 0 Å². The molecule has 1 rings (SSSR count). The Morgan fingerprint density at radius 1 is 0.758 bits per heavy atom. The molecule has 1 aliphatic rings. The van der Waals surface area contributed by atoms with E-state index in [0.29, 0.717) is 19.4 Å². The lowest BCUT2D eigenvalue weighted by Crippen LogP contribution is -2.34. The van der Waals surface area contributed by atoms with Crippen LogP contribution < -0.4 is 5.32 Å². The standard InChI is InChI=1S/C29H53NO3/c1-2-3-4-5-6-7-8-9-10-11-12-13-14-15-16-17-18-19-20-21-22-23-26-33-29(32)27-24-25-28(31)30-27/h21-22,27H,2-20,23-26H2,1H3,(H,30,31)/b22-21+/t27-/m0/s1. The van der Waals surface area contributed by atoms with Gasteiger partial charge in [-0.25, -0.2) is 4.79 Å². The normalized spacial score (nSPS) is 15.9. The summed E-state index contributed by atoms with van der Waals surface area (Å²) in [6, 6.07) is -0.429. The Morgan fingerprint density at radius 3 is 1.67 bits per heavy atom. The van der Waals surface area contributed by atoms with E-state index >= 15 is 0 Å². The van der Waals surface area contributed by atoms with Crippen LogP contribution in [0.5, 0.6) is 0 Å². The summed E-state index contributed by atoms with van der Waals surface area (Å²) in [6.07, 6.45) is 32.5. The highest BCUT2D eigenvalue weighted by molar-refractivity contribution is 5.88. The largest absolute Gasteiger partial charge is 0.464 e. The van der Waals surface area contributed by atoms with Crippen molar-refractivity contribution in [2.75, 3.05) is 6.61 Å². The summed E-state index contributed by atoms with van der Waals surface area (Å²) in [5, 5.41) is 2.64. The van der Waals surface area contributed by atoms with Crippen LogP contribution in [0.25, 0.3) is 0 Å². The van der Waals surface area contributed by atoms with Crippen molar-refractivity contribution in [2.24, 2.45) is 0 Å². The highest BCUT2D eigenvalue weighted by Crippen LogP contribution is 2.14. The van der Waals surface area contributed by atoms with Gasteiger partial charge in [0.15, 0.2) is 0 Å². The minimum Gasteiger partial charge on any atom is -0.464 e. The Labute approximate surface area is 204 Å². The van der Waals surface area contributed by atoms with Crippen LogP contribution in [-0.2, 0) is 14.3 Å². The monoisotopic (exact) mass is 463 g/mol. The Kier molecular flexibility index (Phi) is 20.2. The number of rotatable bonds is 23. The number of carbonyl (C=O) groups excluding carboxylic acids is 2. The van der Waals surface area contributed by atoms with Crippen molar-refractivity contribution in [1.29, 1.82) is 0 Å². The average Bonchev–Trinajstić information content (AvgIpc) is 3.26. The van der Waals surface area contributed by atoms with Crippen LogP contribution in [0.2, 0.25) is 0 Å². The summed E-state index contributed by atoms with van der Waals surface area (Å²) in [4.78, 5) is 22.9. The number of unbranched alkanes of at least 4 members (excludes halogenated alkanes) is 18. The zero-order chi connectivity index (χ0) is 23.8. The quantitative estimate of drug-likeness (QED) is 0.0944. The van der Waals surface area contributed by atoms with E-state index in [-0.39, 0.29) is 11.9 Å². The maximum absolute atomic E-state index is 11.7. The predicted molar refractivity (Wildman–Crippen MR) is 139 cm³/mol. The molecule has 0 unspecified atom stereocenters. The molecule has 1 amide bonds. The first kappa shape index (κ1) is 29.7. The highest BCUT2D eigenvalue weighted by atomic mass is 16.5. The molecule has 0 bridgehead atoms. The maximum Gasteiger partial charge on any atom is 0.328 e. The van der Waals surface area contributed by atoms with Gasteiger partial charge in [0, 0.05) is 6.42 Å². The molecule has 192 valence electrons. The Morgan fingerprint density at radius 2 is 1.21 bits per heavy atom. The second-order valence-corrected chi connectivity index (χ2v) is 9.89. The van der Waals surface area contributed by atoms with E-state index in [0.717, 1.165) is 12.8 Å². The molecule has 1 heterocycles. The molecule has 0 aliphatic carbocycles. The van der Waals surface area contributed by atoms with E-state index in [1.54, 1.807) is 0 Å². The lowest BCUT2D eigenvalue weighted by molar-refractivity contribution is -0.146. The molecule has 0 aromatic rings. The Balaban J connectivity index is 1.71. The molecule has 1 saturated heterocycles. The molecule has 4 nitrogen and oxygen atoms in total. The fourth-order valence-electron chi connectivity index (χ4n) is 4.52. The van der Waals surface area contributed by atoms with E-state index in [1.807, 2.05) is 0 Å². The molecule has 1 atom stereocenters.